The van der Waals surface area contributed by atoms with E-state index in [0.717, 1.165) is 12.1 Å². The van der Waals surface area contributed by atoms with Gasteiger partial charge in [0.25, 0.3) is 0 Å². The molecule has 16 heavy (non-hydrogen) atoms. The molecule has 0 radical (unpaired) electrons. The maximum Gasteiger partial charge on any atom is 0.416 e. The summed E-state index contributed by atoms with van der Waals surface area (Å²) in [6, 6.07) is 4.82. The van der Waals surface area contributed by atoms with Crippen LogP contribution in [-0.2, 0) is 6.18 Å². The number of halogens is 3. The van der Waals surface area contributed by atoms with Crippen molar-refractivity contribution in [3.05, 3.63) is 36.1 Å². The van der Waals surface area contributed by atoms with E-state index in [9.17, 15) is 13.2 Å². The van der Waals surface area contributed by atoms with Gasteiger partial charge in [0.2, 0.25) is 0 Å². The first-order chi connectivity index (χ1) is 7.48. The Kier molecular flexibility index (Phi) is 2.34. The van der Waals surface area contributed by atoms with Crippen molar-refractivity contribution in [2.75, 3.05) is 5.73 Å². The molecule has 2 N–H and O–H groups in total. The topological polar surface area (TPSA) is 52.0 Å². The molecule has 1 heterocycles. The summed E-state index contributed by atoms with van der Waals surface area (Å²) in [7, 11) is 0. The molecule has 0 aliphatic heterocycles. The molecule has 84 valence electrons. The number of aromatic nitrogens is 1. The van der Waals surface area contributed by atoms with E-state index in [1.54, 1.807) is 0 Å². The van der Waals surface area contributed by atoms with E-state index in [1.807, 2.05) is 0 Å². The summed E-state index contributed by atoms with van der Waals surface area (Å²) < 4.78 is 41.9. The Morgan fingerprint density at radius 3 is 2.56 bits per heavy atom. The molecule has 0 unspecified atom stereocenters. The number of nitrogen functional groups attached to an aromatic ring is 1. The molecule has 0 saturated carbocycles. The molecular formula is C10H7F3N2O. The van der Waals surface area contributed by atoms with Crippen LogP contribution < -0.4 is 5.73 Å². The molecule has 0 spiro atoms. The van der Waals surface area contributed by atoms with Gasteiger partial charge in [0.05, 0.1) is 11.1 Å². The van der Waals surface area contributed by atoms with Crippen LogP contribution >= 0.6 is 0 Å². The van der Waals surface area contributed by atoms with E-state index in [0.29, 0.717) is 11.1 Å². The Bertz CT molecular complexity index is 505. The maximum absolute atomic E-state index is 12.4. The highest BCUT2D eigenvalue weighted by molar-refractivity contribution is 5.72. The Morgan fingerprint density at radius 1 is 1.25 bits per heavy atom. The van der Waals surface area contributed by atoms with Crippen LogP contribution in [0.25, 0.3) is 11.1 Å². The minimum absolute atomic E-state index is 0.0688. The molecule has 6 heteroatoms. The van der Waals surface area contributed by atoms with Gasteiger partial charge in [0.15, 0.2) is 5.82 Å². The van der Waals surface area contributed by atoms with Crippen LogP contribution in [0.15, 0.2) is 35.1 Å². The van der Waals surface area contributed by atoms with Crippen molar-refractivity contribution in [2.45, 2.75) is 6.18 Å². The van der Waals surface area contributed by atoms with E-state index in [1.165, 1.54) is 18.4 Å². The van der Waals surface area contributed by atoms with Crippen LogP contribution in [-0.4, -0.2) is 5.16 Å². The van der Waals surface area contributed by atoms with Gasteiger partial charge in [0.1, 0.15) is 6.26 Å². The number of rotatable bonds is 1. The molecule has 0 aliphatic carbocycles. The lowest BCUT2D eigenvalue weighted by molar-refractivity contribution is -0.137. The number of nitrogens with two attached hydrogens (primary N) is 1. The summed E-state index contributed by atoms with van der Waals surface area (Å²) in [6.45, 7) is 0. The van der Waals surface area contributed by atoms with E-state index < -0.39 is 11.7 Å². The molecule has 2 rings (SSSR count). The predicted molar refractivity (Wildman–Crippen MR) is 51.4 cm³/mol. The fourth-order valence-electron chi connectivity index (χ4n) is 1.32. The second-order valence-electron chi connectivity index (χ2n) is 3.19. The number of alkyl halides is 3. The highest BCUT2D eigenvalue weighted by Gasteiger charge is 2.30. The third-order valence-electron chi connectivity index (χ3n) is 2.10. The zero-order valence-corrected chi connectivity index (χ0v) is 7.95. The first kappa shape index (κ1) is 10.5. The SMILES string of the molecule is Nc1nocc1-c1cccc(C(F)(F)F)c1. The van der Waals surface area contributed by atoms with Gasteiger partial charge < -0.3 is 10.3 Å². The van der Waals surface area contributed by atoms with Crippen LogP contribution in [0.5, 0.6) is 0 Å². The molecule has 3 nitrogen and oxygen atoms in total. The molecule has 0 fully saturated rings. The first-order valence-electron chi connectivity index (χ1n) is 4.36. The monoisotopic (exact) mass is 228 g/mol. The van der Waals surface area contributed by atoms with Crippen LogP contribution in [0.4, 0.5) is 19.0 Å². The minimum Gasteiger partial charge on any atom is -0.380 e. The molecule has 2 aromatic rings. The molecule has 0 bridgehead atoms. The number of benzene rings is 1. The van der Waals surface area contributed by atoms with E-state index >= 15 is 0 Å². The first-order valence-corrected chi connectivity index (χ1v) is 4.36. The summed E-state index contributed by atoms with van der Waals surface area (Å²) >= 11 is 0. The fraction of sp³-hybridized carbons (Fsp3) is 0.100. The smallest absolute Gasteiger partial charge is 0.380 e. The summed E-state index contributed by atoms with van der Waals surface area (Å²) in [6.07, 6.45) is -3.16. The number of anilines is 1. The van der Waals surface area contributed by atoms with Gasteiger partial charge in [-0.25, -0.2) is 0 Å². The van der Waals surface area contributed by atoms with Crippen molar-refractivity contribution in [1.29, 1.82) is 0 Å². The fourth-order valence-corrected chi connectivity index (χ4v) is 1.32. The summed E-state index contributed by atoms with van der Waals surface area (Å²) in [5.74, 6) is 0.0688. The van der Waals surface area contributed by atoms with Gasteiger partial charge in [-0.05, 0) is 17.7 Å². The van der Waals surface area contributed by atoms with Gasteiger partial charge in [0, 0.05) is 0 Å². The lowest BCUT2D eigenvalue weighted by Gasteiger charge is -2.07. The summed E-state index contributed by atoms with van der Waals surface area (Å²) in [5.41, 5.74) is 5.39. The van der Waals surface area contributed by atoms with Crippen molar-refractivity contribution < 1.29 is 17.7 Å². The van der Waals surface area contributed by atoms with Crippen molar-refractivity contribution >= 4 is 5.82 Å². The third-order valence-corrected chi connectivity index (χ3v) is 2.10. The van der Waals surface area contributed by atoms with Gasteiger partial charge >= 0.3 is 6.18 Å². The third kappa shape index (κ3) is 1.86. The Balaban J connectivity index is 2.49. The average molecular weight is 228 g/mol. The molecular weight excluding hydrogens is 221 g/mol. The standard InChI is InChI=1S/C10H7F3N2O/c11-10(12,13)7-3-1-2-6(4-7)8-5-16-15-9(8)14/h1-5H,(H2,14,15). The number of hydrogen-bond donors (Lipinski definition) is 1. The largest absolute Gasteiger partial charge is 0.416 e. The Hall–Kier alpha value is -1.98. The van der Waals surface area contributed by atoms with Crippen LogP contribution in [0.2, 0.25) is 0 Å². The van der Waals surface area contributed by atoms with Gasteiger partial charge in [-0.1, -0.05) is 17.3 Å². The maximum atomic E-state index is 12.4. The van der Waals surface area contributed by atoms with Crippen LogP contribution in [0.3, 0.4) is 0 Å². The molecule has 0 aliphatic rings. The van der Waals surface area contributed by atoms with Crippen LogP contribution in [0, 0.1) is 0 Å². The summed E-state index contributed by atoms with van der Waals surface area (Å²) in [4.78, 5) is 0. The lowest BCUT2D eigenvalue weighted by atomic mass is 10.1. The Morgan fingerprint density at radius 2 is 2.00 bits per heavy atom. The highest BCUT2D eigenvalue weighted by atomic mass is 19.4. The minimum atomic E-state index is -4.37. The average Bonchev–Trinajstić information content (AvgIpc) is 2.63. The molecule has 1 aromatic carbocycles. The van der Waals surface area contributed by atoms with Gasteiger partial charge in [-0.3, -0.25) is 0 Å². The lowest BCUT2D eigenvalue weighted by Crippen LogP contribution is -2.04. The Labute approximate surface area is 88.7 Å². The normalized spacial score (nSPS) is 11.7. The number of nitrogens with zero attached hydrogens (tertiary/aromatic N) is 1. The van der Waals surface area contributed by atoms with Crippen LogP contribution in [0.1, 0.15) is 5.56 Å². The van der Waals surface area contributed by atoms with Crippen molar-refractivity contribution in [3.63, 3.8) is 0 Å². The molecule has 0 atom stereocenters. The van der Waals surface area contributed by atoms with E-state index in [2.05, 4.69) is 9.68 Å². The zero-order valence-electron chi connectivity index (χ0n) is 7.95. The number of hydrogen-bond acceptors (Lipinski definition) is 3. The molecule has 0 amide bonds. The van der Waals surface area contributed by atoms with Crippen molar-refractivity contribution in [2.24, 2.45) is 0 Å². The second kappa shape index (κ2) is 3.55. The second-order valence-corrected chi connectivity index (χ2v) is 3.19. The zero-order chi connectivity index (χ0) is 11.8. The van der Waals surface area contributed by atoms with Gasteiger partial charge in [-0.2, -0.15) is 13.2 Å². The summed E-state index contributed by atoms with van der Waals surface area (Å²) in [5, 5.41) is 3.41. The highest BCUT2D eigenvalue weighted by Crippen LogP contribution is 2.33. The quantitative estimate of drug-likeness (QED) is 0.816. The molecule has 0 saturated heterocycles. The molecule has 1 aromatic heterocycles. The van der Waals surface area contributed by atoms with Crippen molar-refractivity contribution in [1.82, 2.24) is 5.16 Å². The van der Waals surface area contributed by atoms with E-state index in [4.69, 9.17) is 5.73 Å². The van der Waals surface area contributed by atoms with Crippen molar-refractivity contribution in [3.8, 4) is 11.1 Å². The van der Waals surface area contributed by atoms with Gasteiger partial charge in [-0.15, -0.1) is 0 Å². The van der Waals surface area contributed by atoms with E-state index in [-0.39, 0.29) is 5.82 Å². The predicted octanol–water partition coefficient (Wildman–Crippen LogP) is 2.94.